The fourth-order valence-corrected chi connectivity index (χ4v) is 2.19. The van der Waals surface area contributed by atoms with Gasteiger partial charge in [-0.05, 0) is 44.3 Å². The number of rotatable bonds is 10. The molecule has 0 fully saturated rings. The minimum Gasteiger partial charge on any atom is -0.355 e. The van der Waals surface area contributed by atoms with E-state index in [4.69, 9.17) is 0 Å². The molecule has 0 aliphatic rings. The van der Waals surface area contributed by atoms with Crippen molar-refractivity contribution in [1.29, 1.82) is 0 Å². The predicted molar refractivity (Wildman–Crippen MR) is 86.3 cm³/mol. The fraction of sp³-hybridized carbons (Fsp3) is 0.750. The Morgan fingerprint density at radius 2 is 2.19 bits per heavy atom. The molecule has 0 atom stereocenters. The zero-order valence-electron chi connectivity index (χ0n) is 13.9. The number of nitrogens with one attached hydrogen (secondary N) is 1. The normalized spacial score (nSPS) is 11.3. The maximum Gasteiger partial charge on any atom is 0.234 e. The van der Waals surface area contributed by atoms with Crippen LogP contribution in [0, 0.1) is 0 Å². The first-order valence-corrected chi connectivity index (χ1v) is 8.00. The van der Waals surface area contributed by atoms with Crippen molar-refractivity contribution in [3.05, 3.63) is 18.0 Å². The lowest BCUT2D eigenvalue weighted by atomic mass is 10.1. The summed E-state index contributed by atoms with van der Waals surface area (Å²) in [4.78, 5) is 13.7. The highest BCUT2D eigenvalue weighted by atomic mass is 16.2. The summed E-state index contributed by atoms with van der Waals surface area (Å²) in [5.74, 6) is 0.644. The summed E-state index contributed by atoms with van der Waals surface area (Å²) < 4.78 is 1.99. The van der Waals surface area contributed by atoms with E-state index in [1.54, 1.807) is 0 Å². The molecule has 1 heterocycles. The number of aromatic nitrogens is 2. The van der Waals surface area contributed by atoms with Crippen LogP contribution in [0.5, 0.6) is 0 Å². The van der Waals surface area contributed by atoms with Crippen molar-refractivity contribution >= 4 is 5.91 Å². The zero-order chi connectivity index (χ0) is 15.7. The molecule has 0 unspecified atom stereocenters. The van der Waals surface area contributed by atoms with Gasteiger partial charge in [0.1, 0.15) is 0 Å². The fourth-order valence-electron chi connectivity index (χ4n) is 2.19. The van der Waals surface area contributed by atoms with Gasteiger partial charge in [0.25, 0.3) is 0 Å². The third-order valence-corrected chi connectivity index (χ3v) is 3.47. The minimum absolute atomic E-state index is 0.118. The second-order valence-corrected chi connectivity index (χ2v) is 5.99. The van der Waals surface area contributed by atoms with E-state index in [-0.39, 0.29) is 5.91 Å². The second-order valence-electron chi connectivity index (χ2n) is 5.99. The van der Waals surface area contributed by atoms with Gasteiger partial charge in [-0.15, -0.1) is 0 Å². The molecule has 0 spiro atoms. The molecular formula is C16H30N4O. The van der Waals surface area contributed by atoms with Gasteiger partial charge < -0.3 is 5.32 Å². The molecule has 0 saturated heterocycles. The number of nitrogens with zero attached hydrogens (tertiary/aromatic N) is 3. The van der Waals surface area contributed by atoms with E-state index in [1.165, 1.54) is 5.56 Å². The van der Waals surface area contributed by atoms with Crippen molar-refractivity contribution in [3.63, 3.8) is 0 Å². The molecule has 1 aromatic rings. The van der Waals surface area contributed by atoms with Crippen molar-refractivity contribution in [1.82, 2.24) is 20.0 Å². The highest BCUT2D eigenvalue weighted by Gasteiger charge is 2.05. The third-order valence-electron chi connectivity index (χ3n) is 3.47. The maximum absolute atomic E-state index is 11.7. The summed E-state index contributed by atoms with van der Waals surface area (Å²) in [5.41, 5.74) is 1.28. The van der Waals surface area contributed by atoms with E-state index in [0.29, 0.717) is 12.5 Å². The second kappa shape index (κ2) is 9.55. The summed E-state index contributed by atoms with van der Waals surface area (Å²) in [6, 6.07) is 0. The molecule has 1 aromatic heterocycles. The molecule has 0 aliphatic carbocycles. The molecule has 1 rings (SSSR count). The van der Waals surface area contributed by atoms with Crippen LogP contribution < -0.4 is 5.32 Å². The van der Waals surface area contributed by atoms with Gasteiger partial charge in [0, 0.05) is 19.3 Å². The molecule has 0 aromatic carbocycles. The summed E-state index contributed by atoms with van der Waals surface area (Å²) in [7, 11) is 1.98. The molecular weight excluding hydrogens is 264 g/mol. The number of amides is 1. The number of carbonyl (C=O) groups is 1. The van der Waals surface area contributed by atoms with Gasteiger partial charge in [0.2, 0.25) is 5.91 Å². The van der Waals surface area contributed by atoms with E-state index < -0.39 is 0 Å². The molecule has 1 amide bonds. The summed E-state index contributed by atoms with van der Waals surface area (Å²) >= 11 is 0. The third kappa shape index (κ3) is 7.27. The topological polar surface area (TPSA) is 50.2 Å². The molecule has 0 radical (unpaired) electrons. The highest BCUT2D eigenvalue weighted by molar-refractivity contribution is 5.77. The monoisotopic (exact) mass is 294 g/mol. The van der Waals surface area contributed by atoms with Crippen LogP contribution in [-0.4, -0.2) is 47.3 Å². The Labute approximate surface area is 128 Å². The molecule has 120 valence electrons. The standard InChI is InChI=1S/C16H30N4O/c1-5-9-19(4)13-16(21)17-8-6-7-10-20-12-15(11-18-20)14(2)3/h11-12,14H,5-10,13H2,1-4H3,(H,17,21). The molecule has 0 bridgehead atoms. The maximum atomic E-state index is 11.7. The predicted octanol–water partition coefficient (Wildman–Crippen LogP) is 2.24. The summed E-state index contributed by atoms with van der Waals surface area (Å²) in [5, 5.41) is 7.32. The Kier molecular flexibility index (Phi) is 8.05. The highest BCUT2D eigenvalue weighted by Crippen LogP contribution is 2.12. The van der Waals surface area contributed by atoms with Crippen molar-refractivity contribution in [2.75, 3.05) is 26.7 Å². The van der Waals surface area contributed by atoms with Crippen LogP contribution in [0.4, 0.5) is 0 Å². The molecule has 1 N–H and O–H groups in total. The van der Waals surface area contributed by atoms with Gasteiger partial charge in [0.05, 0.1) is 12.7 Å². The van der Waals surface area contributed by atoms with Crippen molar-refractivity contribution in [3.8, 4) is 0 Å². The van der Waals surface area contributed by atoms with E-state index in [2.05, 4.69) is 37.4 Å². The van der Waals surface area contributed by atoms with Crippen molar-refractivity contribution < 1.29 is 4.79 Å². The molecule has 5 nitrogen and oxygen atoms in total. The average molecular weight is 294 g/mol. The Hall–Kier alpha value is -1.36. The van der Waals surface area contributed by atoms with Crippen LogP contribution in [0.2, 0.25) is 0 Å². The lowest BCUT2D eigenvalue weighted by Gasteiger charge is -2.14. The van der Waals surface area contributed by atoms with Gasteiger partial charge in [-0.25, -0.2) is 0 Å². The Bertz CT molecular complexity index is 414. The Balaban J connectivity index is 2.09. The van der Waals surface area contributed by atoms with Gasteiger partial charge in [-0.3, -0.25) is 14.4 Å². The van der Waals surface area contributed by atoms with Crippen molar-refractivity contribution in [2.24, 2.45) is 0 Å². The van der Waals surface area contributed by atoms with E-state index in [1.807, 2.05) is 22.8 Å². The number of likely N-dealkylation sites (N-methyl/N-ethyl adjacent to an activating group) is 1. The number of hydrogen-bond donors (Lipinski definition) is 1. The van der Waals surface area contributed by atoms with E-state index in [0.717, 1.165) is 38.9 Å². The van der Waals surface area contributed by atoms with E-state index >= 15 is 0 Å². The smallest absolute Gasteiger partial charge is 0.234 e. The van der Waals surface area contributed by atoms with Crippen LogP contribution in [0.15, 0.2) is 12.4 Å². The summed E-state index contributed by atoms with van der Waals surface area (Å²) in [6.07, 6.45) is 7.15. The number of unbranched alkanes of at least 4 members (excludes halogenated alkanes) is 1. The largest absolute Gasteiger partial charge is 0.355 e. The average Bonchev–Trinajstić information content (AvgIpc) is 2.87. The molecule has 0 aliphatic heterocycles. The zero-order valence-corrected chi connectivity index (χ0v) is 13.9. The van der Waals surface area contributed by atoms with Gasteiger partial charge in [0.15, 0.2) is 0 Å². The SMILES string of the molecule is CCCN(C)CC(=O)NCCCCn1cc(C(C)C)cn1. The number of aryl methyl sites for hydroxylation is 1. The first-order valence-electron chi connectivity index (χ1n) is 8.00. The minimum atomic E-state index is 0.118. The Morgan fingerprint density at radius 3 is 2.81 bits per heavy atom. The van der Waals surface area contributed by atoms with Gasteiger partial charge >= 0.3 is 0 Å². The Morgan fingerprint density at radius 1 is 1.43 bits per heavy atom. The van der Waals surface area contributed by atoms with Crippen LogP contribution in [0.3, 0.4) is 0 Å². The molecule has 5 heteroatoms. The number of hydrogen-bond acceptors (Lipinski definition) is 3. The number of carbonyl (C=O) groups excluding carboxylic acids is 1. The first kappa shape index (κ1) is 17.7. The summed E-state index contributed by atoms with van der Waals surface area (Å²) in [6.45, 7) is 9.58. The molecule has 0 saturated carbocycles. The van der Waals surface area contributed by atoms with E-state index in [9.17, 15) is 4.79 Å². The first-order chi connectivity index (χ1) is 10.0. The van der Waals surface area contributed by atoms with Crippen LogP contribution in [0.1, 0.15) is 51.5 Å². The van der Waals surface area contributed by atoms with Crippen LogP contribution in [-0.2, 0) is 11.3 Å². The quantitative estimate of drug-likeness (QED) is 0.673. The molecule has 21 heavy (non-hydrogen) atoms. The van der Waals surface area contributed by atoms with Gasteiger partial charge in [-0.2, -0.15) is 5.10 Å². The lowest BCUT2D eigenvalue weighted by Crippen LogP contribution is -2.35. The lowest BCUT2D eigenvalue weighted by molar-refractivity contribution is -0.121. The van der Waals surface area contributed by atoms with Gasteiger partial charge in [-0.1, -0.05) is 20.8 Å². The van der Waals surface area contributed by atoms with Crippen molar-refractivity contribution in [2.45, 2.75) is 52.5 Å². The van der Waals surface area contributed by atoms with Crippen LogP contribution in [0.25, 0.3) is 0 Å². The van der Waals surface area contributed by atoms with Crippen LogP contribution >= 0.6 is 0 Å².